The van der Waals surface area contributed by atoms with Crippen LogP contribution in [0.3, 0.4) is 0 Å². The maximum atomic E-state index is 13.1. The molecule has 3 aromatic carbocycles. The number of carbonyl (C=O) groups excluding carboxylic acids is 1. The molecule has 3 aromatic rings. The Kier molecular flexibility index (Phi) is 6.39. The minimum atomic E-state index is -3.87. The second-order valence-electron chi connectivity index (χ2n) is 7.49. The van der Waals surface area contributed by atoms with Gasteiger partial charge in [-0.15, -0.1) is 0 Å². The number of phenolic OH excluding ortho intramolecular Hbond substituents is 1. The van der Waals surface area contributed by atoms with Gasteiger partial charge < -0.3 is 5.11 Å². The molecule has 156 valence electrons. The van der Waals surface area contributed by atoms with E-state index in [1.54, 1.807) is 43.3 Å². The molecule has 0 amide bonds. The number of Topliss-reactive ketones (excluding diaryl/α,β-unsaturated/α-hetero) is 1. The molecule has 0 aliphatic rings. The van der Waals surface area contributed by atoms with E-state index in [9.17, 15) is 18.3 Å². The topological polar surface area (TPSA) is 83.5 Å². The summed E-state index contributed by atoms with van der Waals surface area (Å²) in [5.74, 6) is -1.22. The van der Waals surface area contributed by atoms with Gasteiger partial charge in [-0.3, -0.25) is 4.79 Å². The van der Waals surface area contributed by atoms with Gasteiger partial charge in [0.25, 0.3) is 0 Å². The van der Waals surface area contributed by atoms with Crippen LogP contribution in [0.5, 0.6) is 5.75 Å². The number of hydrogen-bond donors (Lipinski definition) is 2. The van der Waals surface area contributed by atoms with Gasteiger partial charge in [-0.2, -0.15) is 0 Å². The zero-order chi connectivity index (χ0) is 21.9. The van der Waals surface area contributed by atoms with Crippen LogP contribution in [-0.4, -0.2) is 19.3 Å². The monoisotopic (exact) mass is 423 g/mol. The lowest BCUT2D eigenvalue weighted by atomic mass is 9.88. The van der Waals surface area contributed by atoms with Crippen molar-refractivity contribution in [3.05, 3.63) is 95.1 Å². The normalized spacial score (nSPS) is 13.6. The first-order valence-corrected chi connectivity index (χ1v) is 11.1. The number of ketones is 1. The van der Waals surface area contributed by atoms with Crippen LogP contribution < -0.4 is 4.72 Å². The molecule has 2 atom stereocenters. The van der Waals surface area contributed by atoms with E-state index in [-0.39, 0.29) is 22.0 Å². The van der Waals surface area contributed by atoms with E-state index in [1.165, 1.54) is 12.1 Å². The van der Waals surface area contributed by atoms with Gasteiger partial charge in [0.1, 0.15) is 5.75 Å². The van der Waals surface area contributed by atoms with E-state index in [2.05, 4.69) is 4.72 Å². The Hall–Kier alpha value is -2.96. The highest BCUT2D eigenvalue weighted by Crippen LogP contribution is 2.30. The third kappa shape index (κ3) is 4.78. The average molecular weight is 424 g/mol. The van der Waals surface area contributed by atoms with Crippen LogP contribution in [0.15, 0.2) is 77.7 Å². The maximum absolute atomic E-state index is 13.1. The minimum absolute atomic E-state index is 0.126. The number of hydrogen-bond acceptors (Lipinski definition) is 4. The van der Waals surface area contributed by atoms with Gasteiger partial charge in [-0.05, 0) is 43.7 Å². The Bertz CT molecular complexity index is 1140. The molecule has 0 fully saturated rings. The Morgan fingerprint density at radius 3 is 1.97 bits per heavy atom. The number of rotatable bonds is 7. The maximum Gasteiger partial charge on any atom is 0.241 e. The quantitative estimate of drug-likeness (QED) is 0.546. The fraction of sp³-hybridized carbons (Fsp3) is 0.208. The SMILES string of the molecule is Cc1ccc([C@H](NS(=O)(=O)c2ccc(C)cc2)[C@@H](C)C(=O)c2ccccc2O)cc1. The second-order valence-corrected chi connectivity index (χ2v) is 9.21. The third-order valence-electron chi connectivity index (χ3n) is 5.13. The lowest BCUT2D eigenvalue weighted by Gasteiger charge is -2.25. The lowest BCUT2D eigenvalue weighted by molar-refractivity contribution is 0.0906. The summed E-state index contributed by atoms with van der Waals surface area (Å²) in [5, 5.41) is 10.1. The van der Waals surface area contributed by atoms with E-state index in [1.807, 2.05) is 38.1 Å². The van der Waals surface area contributed by atoms with Gasteiger partial charge in [0.15, 0.2) is 5.78 Å². The molecule has 2 N–H and O–H groups in total. The summed E-state index contributed by atoms with van der Waals surface area (Å²) in [6.45, 7) is 5.48. The van der Waals surface area contributed by atoms with Crippen molar-refractivity contribution in [1.82, 2.24) is 4.72 Å². The minimum Gasteiger partial charge on any atom is -0.507 e. The van der Waals surface area contributed by atoms with Crippen molar-refractivity contribution in [3.8, 4) is 5.75 Å². The number of sulfonamides is 1. The van der Waals surface area contributed by atoms with E-state index < -0.39 is 22.0 Å². The zero-order valence-corrected chi connectivity index (χ0v) is 18.0. The van der Waals surface area contributed by atoms with Crippen LogP contribution in [0, 0.1) is 19.8 Å². The van der Waals surface area contributed by atoms with E-state index in [4.69, 9.17) is 0 Å². The van der Waals surface area contributed by atoms with E-state index in [0.29, 0.717) is 5.56 Å². The number of para-hydroxylation sites is 1. The summed E-state index contributed by atoms with van der Waals surface area (Å²) >= 11 is 0. The van der Waals surface area contributed by atoms with Gasteiger partial charge in [0.05, 0.1) is 16.5 Å². The van der Waals surface area contributed by atoms with Gasteiger partial charge in [0.2, 0.25) is 10.0 Å². The van der Waals surface area contributed by atoms with Crippen molar-refractivity contribution in [3.63, 3.8) is 0 Å². The first-order valence-electron chi connectivity index (χ1n) is 9.67. The number of carbonyl (C=O) groups is 1. The highest BCUT2D eigenvalue weighted by molar-refractivity contribution is 7.89. The van der Waals surface area contributed by atoms with Gasteiger partial charge >= 0.3 is 0 Å². The van der Waals surface area contributed by atoms with Crippen LogP contribution in [0.1, 0.15) is 40.0 Å². The lowest BCUT2D eigenvalue weighted by Crippen LogP contribution is -2.35. The zero-order valence-electron chi connectivity index (χ0n) is 17.2. The summed E-state index contributed by atoms with van der Waals surface area (Å²) < 4.78 is 28.8. The molecule has 0 unspecified atom stereocenters. The molecule has 3 rings (SSSR count). The summed E-state index contributed by atoms with van der Waals surface area (Å²) in [4.78, 5) is 13.3. The Morgan fingerprint density at radius 2 is 1.40 bits per heavy atom. The highest BCUT2D eigenvalue weighted by Gasteiger charge is 2.31. The van der Waals surface area contributed by atoms with Crippen molar-refractivity contribution >= 4 is 15.8 Å². The fourth-order valence-electron chi connectivity index (χ4n) is 3.26. The number of phenols is 1. The molecular formula is C24H25NO4S. The van der Waals surface area contributed by atoms with Crippen LogP contribution in [0.2, 0.25) is 0 Å². The molecule has 30 heavy (non-hydrogen) atoms. The van der Waals surface area contributed by atoms with Crippen LogP contribution in [0.25, 0.3) is 0 Å². The first kappa shape index (κ1) is 21.7. The highest BCUT2D eigenvalue weighted by atomic mass is 32.2. The van der Waals surface area contributed by atoms with Crippen molar-refractivity contribution < 1.29 is 18.3 Å². The molecule has 0 spiro atoms. The van der Waals surface area contributed by atoms with Crippen molar-refractivity contribution in [2.24, 2.45) is 5.92 Å². The number of aryl methyl sites for hydroxylation is 2. The summed E-state index contributed by atoms with van der Waals surface area (Å²) in [6, 6.07) is 19.4. The molecule has 0 bridgehead atoms. The standard InChI is InChI=1S/C24H25NO4S/c1-16-8-12-19(13-9-16)23(18(3)24(27)21-6-4-5-7-22(21)26)25-30(28,29)20-14-10-17(2)11-15-20/h4-15,18,23,25-26H,1-3H3/t18-,23-/m1/s1. The second kappa shape index (κ2) is 8.81. The van der Waals surface area contributed by atoms with Gasteiger partial charge in [0, 0.05) is 5.92 Å². The predicted molar refractivity (Wildman–Crippen MR) is 117 cm³/mol. The molecule has 0 heterocycles. The number of benzene rings is 3. The molecule has 0 aliphatic carbocycles. The molecule has 0 aromatic heterocycles. The summed E-state index contributed by atoms with van der Waals surface area (Å²) in [7, 11) is -3.87. The molecule has 0 saturated carbocycles. The first-order chi connectivity index (χ1) is 14.2. The Morgan fingerprint density at radius 1 is 0.867 bits per heavy atom. The van der Waals surface area contributed by atoms with Crippen molar-refractivity contribution in [1.29, 1.82) is 0 Å². The van der Waals surface area contributed by atoms with Crippen LogP contribution in [-0.2, 0) is 10.0 Å². The van der Waals surface area contributed by atoms with Gasteiger partial charge in [-0.1, -0.05) is 66.6 Å². The third-order valence-corrected chi connectivity index (χ3v) is 6.59. The van der Waals surface area contributed by atoms with E-state index in [0.717, 1.165) is 11.1 Å². The van der Waals surface area contributed by atoms with Crippen LogP contribution in [0.4, 0.5) is 0 Å². The van der Waals surface area contributed by atoms with E-state index >= 15 is 0 Å². The van der Waals surface area contributed by atoms with Crippen molar-refractivity contribution in [2.75, 3.05) is 0 Å². The molecular weight excluding hydrogens is 398 g/mol. The molecule has 0 radical (unpaired) electrons. The Balaban J connectivity index is 2.00. The van der Waals surface area contributed by atoms with Gasteiger partial charge in [-0.25, -0.2) is 13.1 Å². The van der Waals surface area contributed by atoms with Crippen molar-refractivity contribution in [2.45, 2.75) is 31.7 Å². The predicted octanol–water partition coefficient (Wildman–Crippen LogP) is 4.55. The molecule has 0 saturated heterocycles. The largest absolute Gasteiger partial charge is 0.507 e. The molecule has 0 aliphatic heterocycles. The smallest absolute Gasteiger partial charge is 0.241 e. The summed E-state index contributed by atoms with van der Waals surface area (Å²) in [5.41, 5.74) is 2.81. The van der Waals surface area contributed by atoms with Crippen LogP contribution >= 0.6 is 0 Å². The number of aromatic hydroxyl groups is 1. The Labute approximate surface area is 177 Å². The number of nitrogens with one attached hydrogen (secondary N) is 1. The summed E-state index contributed by atoms with van der Waals surface area (Å²) in [6.07, 6.45) is 0. The fourth-order valence-corrected chi connectivity index (χ4v) is 4.57. The average Bonchev–Trinajstić information content (AvgIpc) is 2.72. The molecule has 6 heteroatoms. The molecule has 5 nitrogen and oxygen atoms in total.